The minimum Gasteiger partial charge on any atom is -0.373 e. The van der Waals surface area contributed by atoms with E-state index < -0.39 is 0 Å². The van der Waals surface area contributed by atoms with E-state index in [1.165, 1.54) is 12.8 Å². The van der Waals surface area contributed by atoms with E-state index in [1.807, 2.05) is 0 Å². The summed E-state index contributed by atoms with van der Waals surface area (Å²) in [5.41, 5.74) is 0. The maximum atomic E-state index is 6.07. The minimum absolute atomic E-state index is 0.619. The zero-order valence-electron chi connectivity index (χ0n) is 6.85. The predicted molar refractivity (Wildman–Crippen MR) is 40.5 cm³/mol. The fourth-order valence-corrected chi connectivity index (χ4v) is 4.60. The normalized spacial score (nSPS) is 80.0. The SMILES string of the molecule is C1C2C3OC4C1C1OC2C3CC41. The Balaban J connectivity index is 1.74. The van der Waals surface area contributed by atoms with Crippen molar-refractivity contribution < 1.29 is 9.47 Å². The highest BCUT2D eigenvalue weighted by Crippen LogP contribution is 2.67. The highest BCUT2D eigenvalue weighted by atomic mass is 16.6. The van der Waals surface area contributed by atoms with Crippen LogP contribution in [0.1, 0.15) is 12.8 Å². The first-order valence-corrected chi connectivity index (χ1v) is 5.24. The van der Waals surface area contributed by atoms with Crippen molar-refractivity contribution in [1.82, 2.24) is 0 Å². The first-order valence-electron chi connectivity index (χ1n) is 5.24. The lowest BCUT2D eigenvalue weighted by atomic mass is 9.45. The van der Waals surface area contributed by atoms with Gasteiger partial charge in [0.15, 0.2) is 0 Å². The van der Waals surface area contributed by atoms with Crippen LogP contribution in [-0.4, -0.2) is 24.4 Å². The highest BCUT2D eigenvalue weighted by Gasteiger charge is 2.73. The number of ether oxygens (including phenoxy) is 2. The molecule has 4 heterocycles. The summed E-state index contributed by atoms with van der Waals surface area (Å²) in [5.74, 6) is 3.20. The first kappa shape index (κ1) is 5.61. The van der Waals surface area contributed by atoms with Crippen LogP contribution in [0.15, 0.2) is 0 Å². The molecular formula is C10H12O2. The molecule has 0 radical (unpaired) electrons. The summed E-state index contributed by atoms with van der Waals surface area (Å²) in [6.07, 6.45) is 5.33. The lowest BCUT2D eigenvalue weighted by molar-refractivity contribution is -0.426. The van der Waals surface area contributed by atoms with E-state index in [0.717, 1.165) is 23.7 Å². The first-order chi connectivity index (χ1) is 5.93. The van der Waals surface area contributed by atoms with E-state index in [9.17, 15) is 0 Å². The molecule has 0 aromatic heterocycles. The second kappa shape index (κ2) is 1.38. The molecule has 2 saturated carbocycles. The maximum absolute atomic E-state index is 6.07. The Kier molecular flexibility index (Phi) is 0.644. The molecule has 0 aromatic carbocycles. The smallest absolute Gasteiger partial charge is 0.0685 e. The molecule has 6 aliphatic rings. The van der Waals surface area contributed by atoms with Crippen LogP contribution in [0.3, 0.4) is 0 Å². The minimum atomic E-state index is 0.619. The van der Waals surface area contributed by atoms with Crippen molar-refractivity contribution in [3.63, 3.8) is 0 Å². The lowest BCUT2D eigenvalue weighted by Gasteiger charge is -2.75. The average Bonchev–Trinajstić information content (AvgIpc) is 1.98. The van der Waals surface area contributed by atoms with Gasteiger partial charge in [0.05, 0.1) is 24.4 Å². The molecule has 64 valence electrons. The summed E-state index contributed by atoms with van der Waals surface area (Å²) in [5, 5.41) is 0. The van der Waals surface area contributed by atoms with Crippen LogP contribution in [0, 0.1) is 23.7 Å². The molecule has 0 amide bonds. The predicted octanol–water partition coefficient (Wildman–Crippen LogP) is 0.807. The van der Waals surface area contributed by atoms with Gasteiger partial charge in [-0.05, 0) is 12.8 Å². The van der Waals surface area contributed by atoms with Crippen molar-refractivity contribution >= 4 is 0 Å². The van der Waals surface area contributed by atoms with Gasteiger partial charge >= 0.3 is 0 Å². The molecule has 0 atom stereocenters. The second-order valence-corrected chi connectivity index (χ2v) is 5.26. The molecule has 0 aromatic rings. The molecule has 2 nitrogen and oxygen atoms in total. The molecule has 12 heavy (non-hydrogen) atoms. The van der Waals surface area contributed by atoms with Gasteiger partial charge in [-0.1, -0.05) is 0 Å². The van der Waals surface area contributed by atoms with Crippen molar-refractivity contribution in [3.05, 3.63) is 0 Å². The summed E-state index contributed by atoms with van der Waals surface area (Å²) in [6.45, 7) is 0. The van der Waals surface area contributed by atoms with Crippen LogP contribution in [0.5, 0.6) is 0 Å². The Hall–Kier alpha value is -0.0800. The van der Waals surface area contributed by atoms with Gasteiger partial charge in [-0.2, -0.15) is 0 Å². The van der Waals surface area contributed by atoms with Crippen LogP contribution in [-0.2, 0) is 9.47 Å². The van der Waals surface area contributed by atoms with Crippen LogP contribution < -0.4 is 0 Å². The van der Waals surface area contributed by atoms with E-state index in [2.05, 4.69) is 0 Å². The van der Waals surface area contributed by atoms with Crippen LogP contribution in [0.25, 0.3) is 0 Å². The van der Waals surface area contributed by atoms with Crippen LogP contribution in [0.2, 0.25) is 0 Å². The molecule has 8 bridgehead atoms. The van der Waals surface area contributed by atoms with E-state index >= 15 is 0 Å². The average molecular weight is 164 g/mol. The Morgan fingerprint density at radius 1 is 0.583 bits per heavy atom. The van der Waals surface area contributed by atoms with Gasteiger partial charge in [-0.3, -0.25) is 0 Å². The summed E-state index contributed by atoms with van der Waals surface area (Å²) >= 11 is 0. The second-order valence-electron chi connectivity index (χ2n) is 5.26. The Morgan fingerprint density at radius 2 is 0.917 bits per heavy atom. The number of rotatable bonds is 0. The molecule has 6 fully saturated rings. The van der Waals surface area contributed by atoms with Gasteiger partial charge in [0, 0.05) is 23.7 Å². The zero-order chi connectivity index (χ0) is 7.45. The highest BCUT2D eigenvalue weighted by molar-refractivity contribution is 5.20. The Morgan fingerprint density at radius 3 is 1.25 bits per heavy atom. The zero-order valence-corrected chi connectivity index (χ0v) is 6.85. The van der Waals surface area contributed by atoms with Crippen molar-refractivity contribution in [1.29, 1.82) is 0 Å². The van der Waals surface area contributed by atoms with Crippen molar-refractivity contribution in [2.75, 3.05) is 0 Å². The molecule has 2 aliphatic carbocycles. The summed E-state index contributed by atoms with van der Waals surface area (Å²) in [7, 11) is 0. The van der Waals surface area contributed by atoms with E-state index in [4.69, 9.17) is 9.47 Å². The maximum Gasteiger partial charge on any atom is 0.0685 e. The molecule has 0 spiro atoms. The van der Waals surface area contributed by atoms with E-state index in [1.54, 1.807) is 0 Å². The largest absolute Gasteiger partial charge is 0.373 e. The Bertz CT molecular complexity index is 181. The van der Waals surface area contributed by atoms with Gasteiger partial charge in [0.1, 0.15) is 0 Å². The summed E-state index contributed by atoms with van der Waals surface area (Å²) in [4.78, 5) is 0. The molecular weight excluding hydrogens is 152 g/mol. The standard InChI is InChI=1S/C10H12O2/c1-3-7-5-2-6-9(11-7)4(1)10(6)12-8(3)5/h3-10H,1-2H2. The van der Waals surface area contributed by atoms with Crippen LogP contribution in [0.4, 0.5) is 0 Å². The van der Waals surface area contributed by atoms with Gasteiger partial charge in [0.2, 0.25) is 0 Å². The van der Waals surface area contributed by atoms with E-state index in [-0.39, 0.29) is 0 Å². The van der Waals surface area contributed by atoms with Gasteiger partial charge < -0.3 is 9.47 Å². The topological polar surface area (TPSA) is 18.5 Å². The molecule has 4 aliphatic heterocycles. The number of hydrogen-bond acceptors (Lipinski definition) is 2. The monoisotopic (exact) mass is 164 g/mol. The third kappa shape index (κ3) is 0.344. The third-order valence-corrected chi connectivity index (χ3v) is 5.09. The molecule has 2 heteroatoms. The molecule has 4 saturated heterocycles. The fourth-order valence-electron chi connectivity index (χ4n) is 4.60. The molecule has 6 rings (SSSR count). The molecule has 0 unspecified atom stereocenters. The quantitative estimate of drug-likeness (QED) is 0.527. The van der Waals surface area contributed by atoms with E-state index in [0.29, 0.717) is 24.4 Å². The molecule has 0 N–H and O–H groups in total. The lowest BCUT2D eigenvalue weighted by Crippen LogP contribution is -2.81. The number of hydrogen-bond donors (Lipinski definition) is 0. The van der Waals surface area contributed by atoms with Crippen molar-refractivity contribution in [2.45, 2.75) is 37.3 Å². The van der Waals surface area contributed by atoms with Crippen molar-refractivity contribution in [3.8, 4) is 0 Å². The van der Waals surface area contributed by atoms with Crippen LogP contribution >= 0.6 is 0 Å². The third-order valence-electron chi connectivity index (χ3n) is 5.09. The van der Waals surface area contributed by atoms with Gasteiger partial charge in [-0.15, -0.1) is 0 Å². The summed E-state index contributed by atoms with van der Waals surface area (Å²) < 4.78 is 12.1. The van der Waals surface area contributed by atoms with Gasteiger partial charge in [0.25, 0.3) is 0 Å². The summed E-state index contributed by atoms with van der Waals surface area (Å²) in [6, 6.07) is 0. The fraction of sp³-hybridized carbons (Fsp3) is 1.00. The van der Waals surface area contributed by atoms with Crippen molar-refractivity contribution in [2.24, 2.45) is 23.7 Å². The Labute approximate surface area is 71.2 Å². The van der Waals surface area contributed by atoms with Gasteiger partial charge in [-0.25, -0.2) is 0 Å².